The molecule has 2 aromatic carbocycles. The number of carbonyl (C=O) groups is 1. The number of rotatable bonds is 14. The van der Waals surface area contributed by atoms with E-state index < -0.39 is 0 Å². The smallest absolute Gasteiger partial charge is 0.333 e. The summed E-state index contributed by atoms with van der Waals surface area (Å²) in [6.45, 7) is 9.20. The molecule has 3 rings (SSSR count). The summed E-state index contributed by atoms with van der Waals surface area (Å²) in [6.07, 6.45) is 5.78. The van der Waals surface area contributed by atoms with E-state index in [0.717, 1.165) is 80.3 Å². The molecule has 0 radical (unpaired) electrons. The van der Waals surface area contributed by atoms with Crippen molar-refractivity contribution in [3.8, 4) is 16.9 Å². The molecule has 1 aliphatic heterocycles. The Bertz CT molecular complexity index is 954. The maximum atomic E-state index is 12.3. The fourth-order valence-electron chi connectivity index (χ4n) is 4.11. The van der Waals surface area contributed by atoms with Crippen LogP contribution in [-0.2, 0) is 19.0 Å². The molecule has 6 heteroatoms. The molecule has 1 aliphatic rings. The van der Waals surface area contributed by atoms with E-state index in [1.807, 2.05) is 25.1 Å². The summed E-state index contributed by atoms with van der Waals surface area (Å²) >= 11 is 0. The second kappa shape index (κ2) is 14.5. The van der Waals surface area contributed by atoms with Gasteiger partial charge in [-0.15, -0.1) is 0 Å². The lowest BCUT2D eigenvalue weighted by Gasteiger charge is -2.25. The van der Waals surface area contributed by atoms with E-state index in [1.165, 1.54) is 7.11 Å². The minimum Gasteiger partial charge on any atom is -0.491 e. The number of carbonyl (C=O) groups excluding carboxylic acids is 1. The number of unbranched alkanes of at least 4 members (excludes halogenated alkanes) is 1. The molecule has 0 N–H and O–H groups in total. The van der Waals surface area contributed by atoms with Crippen LogP contribution in [-0.4, -0.2) is 59.2 Å². The summed E-state index contributed by atoms with van der Waals surface area (Å²) < 4.78 is 21.9. The van der Waals surface area contributed by atoms with Gasteiger partial charge in [0.15, 0.2) is 0 Å². The molecule has 0 spiro atoms. The van der Waals surface area contributed by atoms with Crippen LogP contribution in [0.2, 0.25) is 0 Å². The third-order valence-electron chi connectivity index (χ3n) is 6.04. The zero-order valence-corrected chi connectivity index (χ0v) is 21.4. The Hall–Kier alpha value is -2.83. The maximum absolute atomic E-state index is 12.3. The molecule has 35 heavy (non-hydrogen) atoms. The second-order valence-electron chi connectivity index (χ2n) is 8.56. The van der Waals surface area contributed by atoms with Gasteiger partial charge in [-0.2, -0.15) is 0 Å². The van der Waals surface area contributed by atoms with Crippen LogP contribution in [0, 0.1) is 0 Å². The fraction of sp³-hybridized carbons (Fsp3) is 0.483. The number of esters is 1. The van der Waals surface area contributed by atoms with E-state index in [9.17, 15) is 4.79 Å². The first-order valence-corrected chi connectivity index (χ1v) is 12.7. The van der Waals surface area contributed by atoms with Crippen molar-refractivity contribution < 1.29 is 23.7 Å². The number of ether oxygens (including phenoxy) is 4. The summed E-state index contributed by atoms with van der Waals surface area (Å²) in [5.41, 5.74) is 5.05. The van der Waals surface area contributed by atoms with E-state index >= 15 is 0 Å². The van der Waals surface area contributed by atoms with Gasteiger partial charge < -0.3 is 23.8 Å². The lowest BCUT2D eigenvalue weighted by Crippen LogP contribution is -2.27. The van der Waals surface area contributed by atoms with Crippen molar-refractivity contribution in [3.63, 3.8) is 0 Å². The molecule has 6 nitrogen and oxygen atoms in total. The number of hydrogen-bond donors (Lipinski definition) is 0. The van der Waals surface area contributed by atoms with Crippen molar-refractivity contribution in [1.82, 2.24) is 0 Å². The Kier molecular flexibility index (Phi) is 11.1. The third-order valence-corrected chi connectivity index (χ3v) is 6.04. The maximum Gasteiger partial charge on any atom is 0.333 e. The van der Waals surface area contributed by atoms with Crippen molar-refractivity contribution in [1.29, 1.82) is 0 Å². The average molecular weight is 482 g/mol. The number of benzene rings is 2. The standard InChI is InChI=1S/C29H39NO5/c1-4-6-17-34-19-20-35-27-11-8-23(9-12-27)24-10-13-28-26(21-24)22-25(29(31)32-3)14-16-30(28)15-7-18-33-5-2/h8-13,21-22H,4-7,14-20H2,1-3H3. The van der Waals surface area contributed by atoms with E-state index in [4.69, 9.17) is 18.9 Å². The highest BCUT2D eigenvalue weighted by Gasteiger charge is 2.20. The molecular weight excluding hydrogens is 442 g/mol. The Balaban J connectivity index is 1.73. The van der Waals surface area contributed by atoms with Crippen molar-refractivity contribution in [3.05, 3.63) is 53.6 Å². The molecule has 0 aromatic heterocycles. The number of anilines is 1. The van der Waals surface area contributed by atoms with Gasteiger partial charge in [-0.05, 0) is 73.2 Å². The van der Waals surface area contributed by atoms with Crippen LogP contribution in [0.5, 0.6) is 5.75 Å². The van der Waals surface area contributed by atoms with Gasteiger partial charge in [-0.3, -0.25) is 0 Å². The van der Waals surface area contributed by atoms with Gasteiger partial charge in [0, 0.05) is 44.2 Å². The van der Waals surface area contributed by atoms with Gasteiger partial charge in [0.1, 0.15) is 12.4 Å². The molecule has 0 saturated heterocycles. The predicted octanol–water partition coefficient (Wildman–Crippen LogP) is 5.74. The van der Waals surface area contributed by atoms with Crippen LogP contribution in [0.3, 0.4) is 0 Å². The number of nitrogens with zero attached hydrogens (tertiary/aromatic N) is 1. The number of fused-ring (bicyclic) bond motifs is 1. The van der Waals surface area contributed by atoms with Gasteiger partial charge in [0.2, 0.25) is 0 Å². The van der Waals surface area contributed by atoms with Gasteiger partial charge in [-0.1, -0.05) is 31.5 Å². The predicted molar refractivity (Wildman–Crippen MR) is 141 cm³/mol. The van der Waals surface area contributed by atoms with Crippen molar-refractivity contribution in [2.24, 2.45) is 0 Å². The summed E-state index contributed by atoms with van der Waals surface area (Å²) in [6, 6.07) is 14.6. The minimum absolute atomic E-state index is 0.266. The molecule has 0 saturated carbocycles. The second-order valence-corrected chi connectivity index (χ2v) is 8.56. The zero-order valence-electron chi connectivity index (χ0n) is 21.4. The van der Waals surface area contributed by atoms with Crippen LogP contribution in [0.25, 0.3) is 17.2 Å². The molecule has 0 amide bonds. The zero-order chi connectivity index (χ0) is 24.9. The molecule has 190 valence electrons. The highest BCUT2D eigenvalue weighted by atomic mass is 16.5. The Labute approximate surface area is 209 Å². The van der Waals surface area contributed by atoms with E-state index in [1.54, 1.807) is 0 Å². The first-order valence-electron chi connectivity index (χ1n) is 12.7. The molecule has 1 heterocycles. The normalized spacial score (nSPS) is 13.1. The average Bonchev–Trinajstić information content (AvgIpc) is 3.07. The van der Waals surface area contributed by atoms with Crippen molar-refractivity contribution >= 4 is 17.7 Å². The molecule has 0 atom stereocenters. The van der Waals surface area contributed by atoms with Crippen molar-refractivity contribution in [2.45, 2.75) is 39.5 Å². The lowest BCUT2D eigenvalue weighted by atomic mass is 10.00. The first kappa shape index (κ1) is 26.8. The molecule has 0 bridgehead atoms. The molecule has 2 aromatic rings. The highest BCUT2D eigenvalue weighted by Crippen LogP contribution is 2.33. The van der Waals surface area contributed by atoms with Crippen LogP contribution in [0.4, 0.5) is 5.69 Å². The Morgan fingerprint density at radius 2 is 1.69 bits per heavy atom. The summed E-state index contributed by atoms with van der Waals surface area (Å²) in [5.74, 6) is 0.564. The topological polar surface area (TPSA) is 57.2 Å². The highest BCUT2D eigenvalue weighted by molar-refractivity contribution is 5.96. The monoisotopic (exact) mass is 481 g/mol. The molecule has 0 aliphatic carbocycles. The Morgan fingerprint density at radius 3 is 2.43 bits per heavy atom. The van der Waals surface area contributed by atoms with E-state index in [2.05, 4.69) is 42.2 Å². The molecule has 0 unspecified atom stereocenters. The molecule has 0 fully saturated rings. The first-order chi connectivity index (χ1) is 17.2. The SMILES string of the molecule is CCCCOCCOc1ccc(-c2ccc3c(c2)C=C(C(=O)OC)CCN3CCCOCC)cc1. The number of hydrogen-bond acceptors (Lipinski definition) is 6. The quantitative estimate of drug-likeness (QED) is 0.253. The molecular formula is C29H39NO5. The largest absolute Gasteiger partial charge is 0.491 e. The van der Waals surface area contributed by atoms with Crippen LogP contribution < -0.4 is 9.64 Å². The minimum atomic E-state index is -0.266. The third kappa shape index (κ3) is 8.11. The van der Waals surface area contributed by atoms with Gasteiger partial charge in [-0.25, -0.2) is 4.79 Å². The van der Waals surface area contributed by atoms with Gasteiger partial charge in [0.25, 0.3) is 0 Å². The van der Waals surface area contributed by atoms with Gasteiger partial charge >= 0.3 is 5.97 Å². The van der Waals surface area contributed by atoms with Crippen molar-refractivity contribution in [2.75, 3.05) is 58.1 Å². The fourth-order valence-corrected chi connectivity index (χ4v) is 4.11. The van der Waals surface area contributed by atoms with Gasteiger partial charge in [0.05, 0.1) is 13.7 Å². The number of methoxy groups -OCH3 is 1. The van der Waals surface area contributed by atoms with E-state index in [0.29, 0.717) is 25.2 Å². The summed E-state index contributed by atoms with van der Waals surface area (Å²) in [7, 11) is 1.44. The van der Waals surface area contributed by atoms with Crippen LogP contribution in [0.1, 0.15) is 45.1 Å². The summed E-state index contributed by atoms with van der Waals surface area (Å²) in [4.78, 5) is 14.7. The Morgan fingerprint density at radius 1 is 0.914 bits per heavy atom. The van der Waals surface area contributed by atoms with E-state index in [-0.39, 0.29) is 5.97 Å². The van der Waals surface area contributed by atoms with Crippen LogP contribution in [0.15, 0.2) is 48.0 Å². The summed E-state index contributed by atoms with van der Waals surface area (Å²) in [5, 5.41) is 0. The van der Waals surface area contributed by atoms with Crippen LogP contribution >= 0.6 is 0 Å². The lowest BCUT2D eigenvalue weighted by molar-refractivity contribution is -0.136.